The molecule has 2 rings (SSSR count). The molecule has 25 heavy (non-hydrogen) atoms. The Kier molecular flexibility index (Phi) is 7.12. The van der Waals surface area contributed by atoms with Crippen LogP contribution in [0.5, 0.6) is 0 Å². The zero-order valence-corrected chi connectivity index (χ0v) is 15.6. The second kappa shape index (κ2) is 8.26. The highest BCUT2D eigenvalue weighted by atomic mass is 32.2. The molecule has 140 valence electrons. The summed E-state index contributed by atoms with van der Waals surface area (Å²) in [5, 5.41) is 1.24. The lowest BCUT2D eigenvalue weighted by atomic mass is 10.1. The van der Waals surface area contributed by atoms with E-state index in [1.54, 1.807) is 18.4 Å². The normalized spacial score (nSPS) is 13.1. The number of thiazole rings is 1. The first kappa shape index (κ1) is 21.6. The Balaban J connectivity index is 0.000000333. The van der Waals surface area contributed by atoms with Gasteiger partial charge < -0.3 is 9.29 Å². The maximum atomic E-state index is 10.7. The highest BCUT2D eigenvalue weighted by molar-refractivity contribution is 7.86. The number of methoxy groups -OCH3 is 1. The molecule has 1 heterocycles. The van der Waals surface area contributed by atoms with E-state index in [2.05, 4.69) is 49.7 Å². The van der Waals surface area contributed by atoms with Crippen LogP contribution in [0.4, 0.5) is 13.2 Å². The van der Waals surface area contributed by atoms with Crippen molar-refractivity contribution in [2.24, 2.45) is 7.05 Å². The monoisotopic (exact) mass is 397 g/mol. The minimum atomic E-state index is -6.09. The minimum Gasteiger partial charge on any atom is -0.741 e. The predicted octanol–water partition coefficient (Wildman–Crippen LogP) is 2.98. The van der Waals surface area contributed by atoms with Crippen LogP contribution in [-0.4, -0.2) is 25.6 Å². The van der Waals surface area contributed by atoms with Gasteiger partial charge in [0.2, 0.25) is 0 Å². The Morgan fingerprint density at radius 2 is 1.68 bits per heavy atom. The summed E-state index contributed by atoms with van der Waals surface area (Å²) in [5.74, 6) is 0. The number of hydrogen-bond acceptors (Lipinski definition) is 5. The van der Waals surface area contributed by atoms with Gasteiger partial charge in [-0.15, -0.1) is 0 Å². The summed E-state index contributed by atoms with van der Waals surface area (Å²) in [6, 6.07) is 10.3. The second-order valence-corrected chi connectivity index (χ2v) is 7.67. The molecule has 0 aliphatic heterocycles. The number of alkyl halides is 3. The Morgan fingerprint density at radius 1 is 1.20 bits per heavy atom. The van der Waals surface area contributed by atoms with Crippen molar-refractivity contribution in [1.29, 1.82) is 0 Å². The van der Waals surface area contributed by atoms with Crippen LogP contribution in [0.15, 0.2) is 30.3 Å². The molecule has 5 nitrogen and oxygen atoms in total. The van der Waals surface area contributed by atoms with Crippen molar-refractivity contribution in [3.63, 3.8) is 0 Å². The molecular formula is C15H18F3NO4S2. The lowest BCUT2D eigenvalue weighted by Crippen LogP contribution is -2.35. The summed E-state index contributed by atoms with van der Waals surface area (Å²) >= 11 is 1.81. The molecule has 0 amide bonds. The van der Waals surface area contributed by atoms with Gasteiger partial charge in [-0.1, -0.05) is 41.7 Å². The van der Waals surface area contributed by atoms with Crippen LogP contribution in [0.2, 0.25) is 0 Å². The molecule has 0 N–H and O–H groups in total. The number of rotatable bonds is 3. The molecule has 0 aliphatic carbocycles. The zero-order chi connectivity index (χ0) is 19.4. The van der Waals surface area contributed by atoms with Gasteiger partial charge in [0.05, 0.1) is 4.88 Å². The molecular weight excluding hydrogens is 379 g/mol. The number of benzene rings is 1. The topological polar surface area (TPSA) is 70.3 Å². The highest BCUT2D eigenvalue weighted by Gasteiger charge is 2.36. The van der Waals surface area contributed by atoms with Gasteiger partial charge in [-0.25, -0.2) is 8.42 Å². The van der Waals surface area contributed by atoms with Crippen molar-refractivity contribution < 1.29 is 35.4 Å². The maximum Gasteiger partial charge on any atom is 0.485 e. The van der Waals surface area contributed by atoms with E-state index in [-0.39, 0.29) is 6.10 Å². The third kappa shape index (κ3) is 5.50. The second-order valence-electron chi connectivity index (χ2n) is 5.07. The molecule has 0 saturated heterocycles. The minimum absolute atomic E-state index is 0.0265. The quantitative estimate of drug-likeness (QED) is 0.454. The van der Waals surface area contributed by atoms with Gasteiger partial charge in [-0.3, -0.25) is 0 Å². The zero-order valence-electron chi connectivity index (χ0n) is 14.0. The van der Waals surface area contributed by atoms with Gasteiger partial charge in [-0.2, -0.15) is 17.7 Å². The SMILES string of the molecule is COC(c1ccccc1)c1sc(C)c(C)[n+]1C.O=S(=O)([O-])C(F)(F)F. The lowest BCUT2D eigenvalue weighted by molar-refractivity contribution is -0.683. The van der Waals surface area contributed by atoms with Gasteiger partial charge in [0.1, 0.15) is 7.05 Å². The van der Waals surface area contributed by atoms with Crippen molar-refractivity contribution in [3.8, 4) is 0 Å². The van der Waals surface area contributed by atoms with E-state index in [0.29, 0.717) is 0 Å². The lowest BCUT2D eigenvalue weighted by Gasteiger charge is -2.10. The van der Waals surface area contributed by atoms with Crippen molar-refractivity contribution in [2.45, 2.75) is 25.5 Å². The molecule has 1 aromatic carbocycles. The average molecular weight is 397 g/mol. The Hall–Kier alpha value is -1.49. The standard InChI is InChI=1S/C14H18NOS.CHF3O3S/c1-10-11(2)17-14(15(10)3)13(16-4)12-8-6-5-7-9-12;2-1(3,4)8(5,6)7/h5-9,13H,1-4H3;(H,5,6,7)/q+1;/p-1. The van der Waals surface area contributed by atoms with Gasteiger partial charge in [0.15, 0.2) is 21.9 Å². The maximum absolute atomic E-state index is 10.7. The van der Waals surface area contributed by atoms with Crippen LogP contribution in [-0.2, 0) is 21.9 Å². The fraction of sp³-hybridized carbons (Fsp3) is 0.400. The first-order valence-electron chi connectivity index (χ1n) is 6.96. The third-order valence-electron chi connectivity index (χ3n) is 3.45. The summed E-state index contributed by atoms with van der Waals surface area (Å²) < 4.78 is 66.8. The van der Waals surface area contributed by atoms with Crippen LogP contribution >= 0.6 is 11.3 Å². The number of hydrogen-bond donors (Lipinski definition) is 0. The number of ether oxygens (including phenoxy) is 1. The van der Waals surface area contributed by atoms with E-state index < -0.39 is 15.6 Å². The van der Waals surface area contributed by atoms with E-state index in [0.717, 1.165) is 0 Å². The van der Waals surface area contributed by atoms with Gasteiger partial charge in [0.25, 0.3) is 5.01 Å². The number of aryl methyl sites for hydroxylation is 1. The third-order valence-corrected chi connectivity index (χ3v) is 5.31. The number of aromatic nitrogens is 1. The number of halogens is 3. The molecule has 0 aliphatic rings. The van der Waals surface area contributed by atoms with Crippen molar-refractivity contribution in [1.82, 2.24) is 0 Å². The fourth-order valence-corrected chi connectivity index (χ4v) is 3.15. The molecule has 1 atom stereocenters. The summed E-state index contributed by atoms with van der Waals surface area (Å²) in [5.41, 5.74) is -3.14. The molecule has 1 unspecified atom stereocenters. The van der Waals surface area contributed by atoms with Gasteiger partial charge >= 0.3 is 5.51 Å². The van der Waals surface area contributed by atoms with Crippen LogP contribution < -0.4 is 4.57 Å². The smallest absolute Gasteiger partial charge is 0.485 e. The molecule has 1 aromatic heterocycles. The van der Waals surface area contributed by atoms with Crippen LogP contribution in [0, 0.1) is 13.8 Å². The summed E-state index contributed by atoms with van der Waals surface area (Å²) in [4.78, 5) is 1.35. The molecule has 10 heteroatoms. The molecule has 0 bridgehead atoms. The Morgan fingerprint density at radius 3 is 2.00 bits per heavy atom. The average Bonchev–Trinajstić information content (AvgIpc) is 2.76. The molecule has 2 aromatic rings. The summed E-state index contributed by atoms with van der Waals surface area (Å²) in [7, 11) is -2.22. The van der Waals surface area contributed by atoms with Crippen LogP contribution in [0.3, 0.4) is 0 Å². The van der Waals surface area contributed by atoms with Crippen molar-refractivity contribution >= 4 is 21.5 Å². The molecule has 0 saturated carbocycles. The van der Waals surface area contributed by atoms with Crippen molar-refractivity contribution in [2.75, 3.05) is 7.11 Å². The summed E-state index contributed by atoms with van der Waals surface area (Å²) in [6.07, 6.45) is 0.0265. The van der Waals surface area contributed by atoms with Crippen molar-refractivity contribution in [3.05, 3.63) is 51.5 Å². The van der Waals surface area contributed by atoms with E-state index >= 15 is 0 Å². The molecule has 0 radical (unpaired) electrons. The van der Waals surface area contributed by atoms with E-state index in [9.17, 15) is 13.2 Å². The van der Waals surface area contributed by atoms with Crippen LogP contribution in [0.1, 0.15) is 27.2 Å². The molecule has 0 spiro atoms. The predicted molar refractivity (Wildman–Crippen MR) is 86.0 cm³/mol. The first-order valence-corrected chi connectivity index (χ1v) is 9.18. The van der Waals surface area contributed by atoms with Gasteiger partial charge in [-0.05, 0) is 12.5 Å². The Labute approximate surface area is 148 Å². The van der Waals surface area contributed by atoms with Gasteiger partial charge in [0, 0.05) is 14.0 Å². The van der Waals surface area contributed by atoms with Crippen LogP contribution in [0.25, 0.3) is 0 Å². The highest BCUT2D eigenvalue weighted by Crippen LogP contribution is 2.28. The molecule has 0 fully saturated rings. The largest absolute Gasteiger partial charge is 0.741 e. The number of nitrogens with zero attached hydrogens (tertiary/aromatic N) is 1. The van der Waals surface area contributed by atoms with E-state index in [1.165, 1.54) is 21.1 Å². The Bertz CT molecular complexity index is 802. The van der Waals surface area contributed by atoms with E-state index in [1.807, 2.05) is 6.07 Å². The summed E-state index contributed by atoms with van der Waals surface area (Å²) in [6.45, 7) is 4.30. The van der Waals surface area contributed by atoms with E-state index in [4.69, 9.17) is 17.7 Å². The fourth-order valence-electron chi connectivity index (χ4n) is 1.94. The first-order chi connectivity index (χ1) is 11.4.